The van der Waals surface area contributed by atoms with Crippen LogP contribution in [-0.2, 0) is 0 Å². The number of aromatic hydroxyl groups is 1. The van der Waals surface area contributed by atoms with Gasteiger partial charge in [-0.3, -0.25) is 9.59 Å². The molecule has 6 nitrogen and oxygen atoms in total. The minimum Gasteiger partial charge on any atom is -0.508 e. The largest absolute Gasteiger partial charge is 0.508 e. The number of methoxy groups -OCH3 is 1. The fourth-order valence-electron chi connectivity index (χ4n) is 3.73. The summed E-state index contributed by atoms with van der Waals surface area (Å²) in [7, 11) is 1.64. The van der Waals surface area contributed by atoms with Crippen molar-refractivity contribution in [3.63, 3.8) is 0 Å². The topological polar surface area (TPSA) is 70.1 Å². The van der Waals surface area contributed by atoms with E-state index in [1.54, 1.807) is 29.0 Å². The van der Waals surface area contributed by atoms with Gasteiger partial charge in [0.25, 0.3) is 11.8 Å². The van der Waals surface area contributed by atoms with E-state index in [0.717, 1.165) is 21.8 Å². The number of hydrogen-bond acceptors (Lipinski definition) is 5. The van der Waals surface area contributed by atoms with E-state index in [0.29, 0.717) is 36.6 Å². The minimum absolute atomic E-state index is 0.00248. The number of carbonyl (C=O) groups excluding carboxylic acids is 2. The van der Waals surface area contributed by atoms with E-state index in [1.165, 1.54) is 23.5 Å². The summed E-state index contributed by atoms with van der Waals surface area (Å²) in [4.78, 5) is 31.0. The highest BCUT2D eigenvalue weighted by Gasteiger charge is 2.27. The Morgan fingerprint density at radius 2 is 1.58 bits per heavy atom. The van der Waals surface area contributed by atoms with Crippen molar-refractivity contribution in [2.75, 3.05) is 33.3 Å². The zero-order valence-electron chi connectivity index (χ0n) is 17.5. The second-order valence-corrected chi connectivity index (χ2v) is 8.70. The quantitative estimate of drug-likeness (QED) is 0.670. The van der Waals surface area contributed by atoms with Crippen LogP contribution in [0.2, 0.25) is 0 Å². The lowest BCUT2D eigenvalue weighted by Gasteiger charge is -2.34. The fourth-order valence-corrected chi connectivity index (χ4v) is 4.74. The van der Waals surface area contributed by atoms with E-state index in [1.807, 2.05) is 37.3 Å². The van der Waals surface area contributed by atoms with Crippen LogP contribution in [0.5, 0.6) is 11.5 Å². The number of phenols is 1. The Bertz CT molecular complexity index is 1100. The van der Waals surface area contributed by atoms with Crippen LogP contribution in [0.1, 0.15) is 24.9 Å². The van der Waals surface area contributed by atoms with E-state index in [-0.39, 0.29) is 17.6 Å². The van der Waals surface area contributed by atoms with Crippen molar-refractivity contribution in [2.45, 2.75) is 6.92 Å². The number of rotatable bonds is 4. The smallest absolute Gasteiger partial charge is 0.264 e. The van der Waals surface area contributed by atoms with Crippen molar-refractivity contribution >= 4 is 23.2 Å². The van der Waals surface area contributed by atoms with Crippen molar-refractivity contribution in [3.8, 4) is 22.6 Å². The molecule has 160 valence electrons. The van der Waals surface area contributed by atoms with Crippen molar-refractivity contribution in [2.24, 2.45) is 0 Å². The van der Waals surface area contributed by atoms with Gasteiger partial charge in [-0.15, -0.1) is 11.3 Å². The fraction of sp³-hybridized carbons (Fsp3) is 0.250. The SMILES string of the molecule is COc1ccc(-c2cc(C(=O)N3CCN(C(=O)c4cccc(O)c4)CC3)sc2C)cc1. The van der Waals surface area contributed by atoms with Gasteiger partial charge in [0.05, 0.1) is 12.0 Å². The van der Waals surface area contributed by atoms with Gasteiger partial charge >= 0.3 is 0 Å². The summed E-state index contributed by atoms with van der Waals surface area (Å²) in [6.45, 7) is 3.93. The average molecular weight is 437 g/mol. The van der Waals surface area contributed by atoms with Gasteiger partial charge in [-0.1, -0.05) is 18.2 Å². The van der Waals surface area contributed by atoms with Gasteiger partial charge in [-0.2, -0.15) is 0 Å². The molecule has 0 bridgehead atoms. The molecule has 0 saturated carbocycles. The summed E-state index contributed by atoms with van der Waals surface area (Å²) < 4.78 is 5.22. The lowest BCUT2D eigenvalue weighted by molar-refractivity contribution is 0.0538. The van der Waals surface area contributed by atoms with Crippen LogP contribution < -0.4 is 4.74 Å². The van der Waals surface area contributed by atoms with Crippen LogP contribution in [0.4, 0.5) is 0 Å². The zero-order chi connectivity index (χ0) is 22.0. The molecule has 1 aliphatic rings. The Balaban J connectivity index is 1.42. The second kappa shape index (κ2) is 8.81. The molecular weight excluding hydrogens is 412 g/mol. The predicted molar refractivity (Wildman–Crippen MR) is 121 cm³/mol. The molecular formula is C24H24N2O4S. The number of phenolic OH excluding ortho intramolecular Hbond substituents is 1. The van der Waals surface area contributed by atoms with Crippen LogP contribution >= 0.6 is 11.3 Å². The third-order valence-electron chi connectivity index (χ3n) is 5.48. The van der Waals surface area contributed by atoms with E-state index >= 15 is 0 Å². The van der Waals surface area contributed by atoms with Gasteiger partial charge in [0.15, 0.2) is 0 Å². The maximum atomic E-state index is 13.1. The first-order chi connectivity index (χ1) is 15.0. The molecule has 0 spiro atoms. The van der Waals surface area contributed by atoms with Crippen molar-refractivity contribution in [1.82, 2.24) is 9.80 Å². The van der Waals surface area contributed by atoms with Crippen LogP contribution in [0.3, 0.4) is 0 Å². The molecule has 4 rings (SSSR count). The summed E-state index contributed by atoms with van der Waals surface area (Å²) in [6, 6.07) is 16.1. The van der Waals surface area contributed by atoms with Gasteiger partial charge in [0.2, 0.25) is 0 Å². The minimum atomic E-state index is -0.128. The number of amides is 2. The van der Waals surface area contributed by atoms with Crippen molar-refractivity contribution in [3.05, 3.63) is 69.9 Å². The summed E-state index contributed by atoms with van der Waals surface area (Å²) in [5, 5.41) is 9.61. The van der Waals surface area contributed by atoms with E-state index in [4.69, 9.17) is 4.74 Å². The third kappa shape index (κ3) is 4.41. The predicted octanol–water partition coefficient (Wildman–Crippen LogP) is 4.04. The number of nitrogens with zero attached hydrogens (tertiary/aromatic N) is 2. The number of carbonyl (C=O) groups is 2. The number of benzene rings is 2. The normalized spacial score (nSPS) is 13.9. The van der Waals surface area contributed by atoms with Crippen molar-refractivity contribution in [1.29, 1.82) is 0 Å². The molecule has 2 heterocycles. The maximum absolute atomic E-state index is 13.1. The average Bonchev–Trinajstić information content (AvgIpc) is 3.20. The molecule has 1 aromatic heterocycles. The standard InChI is InChI=1S/C24H24N2O4S/c1-16-21(17-6-8-20(30-2)9-7-17)15-22(31-16)24(29)26-12-10-25(11-13-26)23(28)18-4-3-5-19(27)14-18/h3-9,14-15,27H,10-13H2,1-2H3. The summed E-state index contributed by atoms with van der Waals surface area (Å²) in [5.74, 6) is 0.737. The van der Waals surface area contributed by atoms with Gasteiger partial charge in [0.1, 0.15) is 11.5 Å². The van der Waals surface area contributed by atoms with Crippen molar-refractivity contribution < 1.29 is 19.4 Å². The van der Waals surface area contributed by atoms with Gasteiger partial charge in [0, 0.05) is 36.6 Å². The van der Waals surface area contributed by atoms with Gasteiger partial charge in [-0.25, -0.2) is 0 Å². The van der Waals surface area contributed by atoms with Gasteiger partial charge in [-0.05, 0) is 54.4 Å². The number of aryl methyl sites for hydroxylation is 1. The highest BCUT2D eigenvalue weighted by molar-refractivity contribution is 7.14. The molecule has 1 N–H and O–H groups in total. The molecule has 0 aliphatic carbocycles. The molecule has 0 unspecified atom stereocenters. The summed E-state index contributed by atoms with van der Waals surface area (Å²) in [6.07, 6.45) is 0. The van der Waals surface area contributed by atoms with E-state index < -0.39 is 0 Å². The molecule has 31 heavy (non-hydrogen) atoms. The Morgan fingerprint density at radius 3 is 2.19 bits per heavy atom. The Hall–Kier alpha value is -3.32. The van der Waals surface area contributed by atoms with Gasteiger partial charge < -0.3 is 19.6 Å². The second-order valence-electron chi connectivity index (χ2n) is 7.44. The van der Waals surface area contributed by atoms with Crippen LogP contribution in [0, 0.1) is 6.92 Å². The lowest BCUT2D eigenvalue weighted by Crippen LogP contribution is -2.50. The monoisotopic (exact) mass is 436 g/mol. The first-order valence-electron chi connectivity index (χ1n) is 10.1. The molecule has 1 fully saturated rings. The van der Waals surface area contributed by atoms with E-state index in [2.05, 4.69) is 0 Å². The molecule has 2 amide bonds. The first-order valence-corrected chi connectivity index (χ1v) is 10.9. The maximum Gasteiger partial charge on any atom is 0.264 e. The molecule has 1 saturated heterocycles. The van der Waals surface area contributed by atoms with Crippen LogP contribution in [0.25, 0.3) is 11.1 Å². The van der Waals surface area contributed by atoms with Crippen LogP contribution in [0.15, 0.2) is 54.6 Å². The van der Waals surface area contributed by atoms with Crippen LogP contribution in [-0.4, -0.2) is 60.0 Å². The number of hydrogen-bond donors (Lipinski definition) is 1. The first kappa shape index (κ1) is 20.9. The highest BCUT2D eigenvalue weighted by atomic mass is 32.1. The Morgan fingerprint density at radius 1 is 0.935 bits per heavy atom. The molecule has 1 aliphatic heterocycles. The Labute approximate surface area is 185 Å². The summed E-state index contributed by atoms with van der Waals surface area (Å²) >= 11 is 1.50. The number of piperazine rings is 1. The highest BCUT2D eigenvalue weighted by Crippen LogP contribution is 2.32. The number of ether oxygens (including phenoxy) is 1. The molecule has 3 aromatic rings. The molecule has 7 heteroatoms. The molecule has 2 aromatic carbocycles. The Kier molecular flexibility index (Phi) is 5.95. The summed E-state index contributed by atoms with van der Waals surface area (Å²) in [5.41, 5.74) is 2.56. The molecule has 0 radical (unpaired) electrons. The third-order valence-corrected chi connectivity index (χ3v) is 6.52. The molecule has 0 atom stereocenters. The van der Waals surface area contributed by atoms with E-state index in [9.17, 15) is 14.7 Å². The lowest BCUT2D eigenvalue weighted by atomic mass is 10.1. The number of thiophene rings is 1. The zero-order valence-corrected chi connectivity index (χ0v) is 18.3.